The second-order valence-corrected chi connectivity index (χ2v) is 10.3. The number of esters is 1. The topological polar surface area (TPSA) is 88.5 Å². The van der Waals surface area contributed by atoms with Gasteiger partial charge in [-0.15, -0.1) is 0 Å². The van der Waals surface area contributed by atoms with Gasteiger partial charge in [-0.3, -0.25) is 0 Å². The number of methoxy groups -OCH3 is 1. The van der Waals surface area contributed by atoms with Gasteiger partial charge in [0, 0.05) is 19.3 Å². The zero-order valence-electron chi connectivity index (χ0n) is 22.6. The lowest BCUT2D eigenvalue weighted by Gasteiger charge is -2.46. The summed E-state index contributed by atoms with van der Waals surface area (Å²) in [6, 6.07) is 28.4. The third-order valence-corrected chi connectivity index (χ3v) is 7.42. The summed E-state index contributed by atoms with van der Waals surface area (Å²) >= 11 is 6.11. The quantitative estimate of drug-likeness (QED) is 0.238. The summed E-state index contributed by atoms with van der Waals surface area (Å²) in [7, 11) is 1.60. The smallest absolute Gasteiger partial charge is 0.407 e. The summed E-state index contributed by atoms with van der Waals surface area (Å²) in [5.74, 6) is -0.494. The molecule has 1 amide bonds. The Kier molecular flexibility index (Phi) is 9.04. The van der Waals surface area contributed by atoms with E-state index in [2.05, 4.69) is 29.2 Å². The number of hydrogen-bond donors (Lipinski definition) is 1. The van der Waals surface area contributed by atoms with Crippen LogP contribution in [0.5, 0.6) is 0 Å². The van der Waals surface area contributed by atoms with E-state index >= 15 is 0 Å². The Balaban J connectivity index is 1.33. The Morgan fingerprint density at radius 3 is 2.32 bits per heavy atom. The number of piperazine rings is 1. The van der Waals surface area contributed by atoms with Gasteiger partial charge < -0.3 is 29.1 Å². The molecule has 4 aromatic carbocycles. The van der Waals surface area contributed by atoms with Gasteiger partial charge in [-0.05, 0) is 52.2 Å². The van der Waals surface area contributed by atoms with Gasteiger partial charge in [0.05, 0.1) is 36.4 Å². The number of anilines is 1. The highest BCUT2D eigenvalue weighted by Crippen LogP contribution is 2.28. The number of carboxylic acid groups (broad SMARTS) is 1. The second-order valence-electron chi connectivity index (χ2n) is 9.87. The van der Waals surface area contributed by atoms with Crippen LogP contribution in [-0.2, 0) is 27.4 Å². The van der Waals surface area contributed by atoms with Gasteiger partial charge in [-0.2, -0.15) is 0 Å². The van der Waals surface area contributed by atoms with Gasteiger partial charge in [0.1, 0.15) is 12.8 Å². The molecule has 0 aliphatic carbocycles. The van der Waals surface area contributed by atoms with Crippen molar-refractivity contribution in [3.63, 3.8) is 0 Å². The number of carbonyl (C=O) groups is 2. The maximum Gasteiger partial charge on any atom is 0.407 e. The Hall–Kier alpha value is -4.11. The highest BCUT2D eigenvalue weighted by Gasteiger charge is 2.37. The first kappa shape index (κ1) is 28.4. The van der Waals surface area contributed by atoms with Crippen LogP contribution >= 0.6 is 11.6 Å². The van der Waals surface area contributed by atoms with Crippen molar-refractivity contribution < 1.29 is 28.9 Å². The van der Waals surface area contributed by atoms with Crippen molar-refractivity contribution in [1.29, 1.82) is 0 Å². The van der Waals surface area contributed by atoms with Gasteiger partial charge >= 0.3 is 12.1 Å². The minimum Gasteiger partial charge on any atom is -0.465 e. The molecule has 5 rings (SSSR count). The normalized spacial score (nSPS) is 17.0. The van der Waals surface area contributed by atoms with E-state index in [0.29, 0.717) is 23.8 Å². The fourth-order valence-electron chi connectivity index (χ4n) is 5.06. The number of amides is 1. The third-order valence-electron chi connectivity index (χ3n) is 7.10. The summed E-state index contributed by atoms with van der Waals surface area (Å²) in [6.45, 7) is 1.17. The van der Waals surface area contributed by atoms with Crippen molar-refractivity contribution in [3.05, 3.63) is 113 Å². The minimum absolute atomic E-state index is 0.0838. The molecule has 0 radical (unpaired) electrons. The van der Waals surface area contributed by atoms with Crippen LogP contribution in [0.1, 0.15) is 21.5 Å². The summed E-state index contributed by atoms with van der Waals surface area (Å²) < 4.78 is 17.3. The molecule has 0 spiro atoms. The predicted molar refractivity (Wildman–Crippen MR) is 157 cm³/mol. The van der Waals surface area contributed by atoms with E-state index in [1.807, 2.05) is 42.5 Å². The van der Waals surface area contributed by atoms with Crippen molar-refractivity contribution in [2.45, 2.75) is 25.5 Å². The number of benzene rings is 4. The summed E-state index contributed by atoms with van der Waals surface area (Å²) in [4.78, 5) is 27.9. The van der Waals surface area contributed by atoms with Crippen LogP contribution in [0, 0.1) is 0 Å². The van der Waals surface area contributed by atoms with E-state index in [1.165, 1.54) is 4.90 Å². The molecule has 0 saturated carbocycles. The van der Waals surface area contributed by atoms with Crippen LogP contribution < -0.4 is 4.90 Å². The maximum absolute atomic E-state index is 12.5. The number of ether oxygens (including phenoxy) is 3. The fourth-order valence-corrected chi connectivity index (χ4v) is 5.27. The summed E-state index contributed by atoms with van der Waals surface area (Å²) in [6.07, 6.45) is -1.55. The Morgan fingerprint density at radius 2 is 1.59 bits per heavy atom. The number of carbonyl (C=O) groups excluding carboxylic acids is 1. The number of hydrogen-bond acceptors (Lipinski definition) is 6. The van der Waals surface area contributed by atoms with E-state index in [9.17, 15) is 14.7 Å². The monoisotopic (exact) mass is 574 g/mol. The first-order chi connectivity index (χ1) is 19.9. The zero-order chi connectivity index (χ0) is 28.8. The molecule has 8 nitrogen and oxygen atoms in total. The Morgan fingerprint density at radius 1 is 0.878 bits per heavy atom. The number of fused-ring (bicyclic) bond motifs is 1. The lowest BCUT2D eigenvalue weighted by Crippen LogP contribution is -2.62. The predicted octanol–water partition coefficient (Wildman–Crippen LogP) is 6.21. The molecule has 9 heteroatoms. The van der Waals surface area contributed by atoms with E-state index in [0.717, 1.165) is 27.6 Å². The molecule has 0 aromatic heterocycles. The van der Waals surface area contributed by atoms with Crippen molar-refractivity contribution in [2.75, 3.05) is 31.7 Å². The molecule has 1 aliphatic rings. The average Bonchev–Trinajstić information content (AvgIpc) is 2.99. The van der Waals surface area contributed by atoms with Crippen molar-refractivity contribution in [2.24, 2.45) is 0 Å². The molecular weight excluding hydrogens is 544 g/mol. The zero-order valence-corrected chi connectivity index (χ0v) is 23.4. The van der Waals surface area contributed by atoms with Crippen LogP contribution in [0.25, 0.3) is 10.8 Å². The average molecular weight is 575 g/mol. The summed E-state index contributed by atoms with van der Waals surface area (Å²) in [5.41, 5.74) is 2.96. The lowest BCUT2D eigenvalue weighted by molar-refractivity contribution is -0.0183. The first-order valence-electron chi connectivity index (χ1n) is 13.3. The number of nitrogens with zero attached hydrogens (tertiary/aromatic N) is 2. The SMILES string of the molecule is COCC1CN(C(=O)O)CC(OCc2ccc3ccccc3c2)N1c1ccc(COC(=O)c2ccccc2Cl)cc1. The van der Waals surface area contributed by atoms with Gasteiger partial charge in [0.2, 0.25) is 0 Å². The molecular formula is C32H31ClN2O6. The molecule has 1 fully saturated rings. The highest BCUT2D eigenvalue weighted by molar-refractivity contribution is 6.33. The van der Waals surface area contributed by atoms with Gasteiger partial charge in [0.15, 0.2) is 0 Å². The van der Waals surface area contributed by atoms with Crippen LogP contribution in [-0.4, -0.2) is 61.1 Å². The minimum atomic E-state index is -0.999. The van der Waals surface area contributed by atoms with Gasteiger partial charge in [0.25, 0.3) is 0 Å². The van der Waals surface area contributed by atoms with Crippen molar-refractivity contribution in [1.82, 2.24) is 4.90 Å². The van der Waals surface area contributed by atoms with E-state index in [4.69, 9.17) is 25.8 Å². The summed E-state index contributed by atoms with van der Waals surface area (Å²) in [5, 5.41) is 12.4. The largest absolute Gasteiger partial charge is 0.465 e. The van der Waals surface area contributed by atoms with Crippen LogP contribution in [0.3, 0.4) is 0 Å². The number of halogens is 1. The van der Waals surface area contributed by atoms with Crippen molar-refractivity contribution >= 4 is 40.1 Å². The molecule has 2 unspecified atom stereocenters. The number of rotatable bonds is 9. The molecule has 0 bridgehead atoms. The Bertz CT molecular complexity index is 1510. The molecule has 1 N–H and O–H groups in total. The van der Waals surface area contributed by atoms with Crippen LogP contribution in [0.4, 0.5) is 10.5 Å². The van der Waals surface area contributed by atoms with E-state index in [-0.39, 0.29) is 25.7 Å². The van der Waals surface area contributed by atoms with Gasteiger partial charge in [-0.1, -0.05) is 72.3 Å². The maximum atomic E-state index is 12.5. The molecule has 4 aromatic rings. The first-order valence-corrected chi connectivity index (χ1v) is 13.7. The molecule has 1 saturated heterocycles. The Labute approximate surface area is 243 Å². The van der Waals surface area contributed by atoms with Gasteiger partial charge in [-0.25, -0.2) is 9.59 Å². The van der Waals surface area contributed by atoms with Crippen LogP contribution in [0.2, 0.25) is 5.02 Å². The van der Waals surface area contributed by atoms with Crippen LogP contribution in [0.15, 0.2) is 91.0 Å². The highest BCUT2D eigenvalue weighted by atomic mass is 35.5. The molecule has 212 valence electrons. The lowest BCUT2D eigenvalue weighted by atomic mass is 10.1. The molecule has 1 aliphatic heterocycles. The molecule has 1 heterocycles. The molecule has 41 heavy (non-hydrogen) atoms. The van der Waals surface area contributed by atoms with E-state index in [1.54, 1.807) is 31.4 Å². The third kappa shape index (κ3) is 6.79. The molecule has 2 atom stereocenters. The second kappa shape index (κ2) is 13.0. The van der Waals surface area contributed by atoms with E-state index < -0.39 is 18.3 Å². The fraction of sp³-hybridized carbons (Fsp3) is 0.250. The van der Waals surface area contributed by atoms with Crippen molar-refractivity contribution in [3.8, 4) is 0 Å². The standard InChI is InChI=1S/C32H31ClN2O6/c1-39-21-27-17-34(32(37)38)18-30(40-20-23-10-13-24-6-2-3-7-25(24)16-23)35(27)26-14-11-22(12-15-26)19-41-31(36)28-8-4-5-9-29(28)33/h2-16,27,30H,17-21H2,1H3,(H,37,38).